The first-order chi connectivity index (χ1) is 15.6. The highest BCUT2D eigenvalue weighted by Crippen LogP contribution is 2.31. The molecule has 32 heavy (non-hydrogen) atoms. The lowest BCUT2D eigenvalue weighted by atomic mass is 10.0. The van der Waals surface area contributed by atoms with Gasteiger partial charge in [0.15, 0.2) is 0 Å². The summed E-state index contributed by atoms with van der Waals surface area (Å²) in [4.78, 5) is 27.9. The molecule has 1 aliphatic heterocycles. The molecule has 2 amide bonds. The van der Waals surface area contributed by atoms with Crippen molar-refractivity contribution >= 4 is 34.7 Å². The lowest BCUT2D eigenvalue weighted by Crippen LogP contribution is -2.34. The molecule has 4 rings (SSSR count). The van der Waals surface area contributed by atoms with Gasteiger partial charge in [0.25, 0.3) is 11.8 Å². The number of anilines is 1. The van der Waals surface area contributed by atoms with E-state index in [9.17, 15) is 9.59 Å². The summed E-state index contributed by atoms with van der Waals surface area (Å²) in [6.45, 7) is 2.78. The molecule has 0 aromatic heterocycles. The maximum Gasteiger partial charge on any atom is 0.278 e. The molecule has 1 N–H and O–H groups in total. The van der Waals surface area contributed by atoms with Crippen molar-refractivity contribution in [1.82, 2.24) is 4.90 Å². The number of imide groups is 1. The Morgan fingerprint density at radius 1 is 0.875 bits per heavy atom. The average molecular weight is 447 g/mol. The molecule has 3 aromatic carbocycles. The Morgan fingerprint density at radius 2 is 1.56 bits per heavy atom. The summed E-state index contributed by atoms with van der Waals surface area (Å²) < 4.78 is 5.48. The molecule has 3 aromatic rings. The summed E-state index contributed by atoms with van der Waals surface area (Å²) in [5.74, 6) is 0.106. The van der Waals surface area contributed by atoms with E-state index in [2.05, 4.69) is 5.32 Å². The smallest absolute Gasteiger partial charge is 0.278 e. The highest BCUT2D eigenvalue weighted by molar-refractivity contribution is 6.36. The molecular weight excluding hydrogens is 424 g/mol. The quantitative estimate of drug-likeness (QED) is 0.485. The van der Waals surface area contributed by atoms with Gasteiger partial charge in [-0.1, -0.05) is 54.1 Å². The van der Waals surface area contributed by atoms with E-state index < -0.39 is 0 Å². The van der Waals surface area contributed by atoms with Crippen LogP contribution in [0.2, 0.25) is 5.02 Å². The summed E-state index contributed by atoms with van der Waals surface area (Å²) in [6, 6.07) is 24.0. The molecule has 1 aliphatic rings. The number of carbonyl (C=O) groups excluding carboxylic acids is 2. The molecule has 0 atom stereocenters. The van der Waals surface area contributed by atoms with Crippen molar-refractivity contribution in [1.29, 1.82) is 0 Å². The van der Waals surface area contributed by atoms with Crippen LogP contribution in [0.1, 0.15) is 18.1 Å². The van der Waals surface area contributed by atoms with Crippen LogP contribution in [-0.2, 0) is 16.0 Å². The van der Waals surface area contributed by atoms with E-state index in [4.69, 9.17) is 16.3 Å². The van der Waals surface area contributed by atoms with Crippen LogP contribution >= 0.6 is 11.6 Å². The Kier molecular flexibility index (Phi) is 6.57. The minimum absolute atomic E-state index is 0.279. The first-order valence-electron chi connectivity index (χ1n) is 10.5. The molecule has 0 fully saturated rings. The van der Waals surface area contributed by atoms with E-state index in [0.717, 1.165) is 11.3 Å². The van der Waals surface area contributed by atoms with E-state index in [1.165, 1.54) is 4.90 Å². The second-order valence-corrected chi connectivity index (χ2v) is 7.77. The van der Waals surface area contributed by atoms with Crippen LogP contribution < -0.4 is 10.1 Å². The van der Waals surface area contributed by atoms with Gasteiger partial charge in [0, 0.05) is 17.3 Å². The highest BCUT2D eigenvalue weighted by atomic mass is 35.5. The highest BCUT2D eigenvalue weighted by Gasteiger charge is 2.38. The van der Waals surface area contributed by atoms with Gasteiger partial charge in [0.05, 0.1) is 12.2 Å². The van der Waals surface area contributed by atoms with E-state index in [0.29, 0.717) is 34.9 Å². The predicted octanol–water partition coefficient (Wildman–Crippen LogP) is 5.17. The number of nitrogens with one attached hydrogen (secondary N) is 1. The summed E-state index contributed by atoms with van der Waals surface area (Å²) in [5.41, 5.74) is 3.07. The third-order valence-electron chi connectivity index (χ3n) is 5.20. The van der Waals surface area contributed by atoms with Crippen LogP contribution in [0.4, 0.5) is 5.69 Å². The van der Waals surface area contributed by atoms with Gasteiger partial charge in [0.2, 0.25) is 0 Å². The van der Waals surface area contributed by atoms with E-state index >= 15 is 0 Å². The monoisotopic (exact) mass is 446 g/mol. The van der Waals surface area contributed by atoms with Crippen molar-refractivity contribution in [2.24, 2.45) is 0 Å². The largest absolute Gasteiger partial charge is 0.494 e. The first-order valence-corrected chi connectivity index (χ1v) is 10.8. The van der Waals surface area contributed by atoms with Gasteiger partial charge in [-0.2, -0.15) is 0 Å². The van der Waals surface area contributed by atoms with Crippen LogP contribution in [0.3, 0.4) is 0 Å². The van der Waals surface area contributed by atoms with Crippen molar-refractivity contribution < 1.29 is 14.3 Å². The molecule has 0 radical (unpaired) electrons. The summed E-state index contributed by atoms with van der Waals surface area (Å²) in [7, 11) is 0. The van der Waals surface area contributed by atoms with Gasteiger partial charge in [-0.05, 0) is 60.9 Å². The predicted molar refractivity (Wildman–Crippen MR) is 126 cm³/mol. The number of amides is 2. The molecule has 0 spiro atoms. The maximum absolute atomic E-state index is 13.3. The van der Waals surface area contributed by atoms with Crippen LogP contribution in [0.5, 0.6) is 5.75 Å². The van der Waals surface area contributed by atoms with Crippen molar-refractivity contribution in [2.75, 3.05) is 18.5 Å². The molecule has 0 saturated carbocycles. The SMILES string of the molecule is CCOc1ccc(NC2=C(c3ccccc3)C(=O)N(CCc3ccc(Cl)cc3)C2=O)cc1. The fourth-order valence-corrected chi connectivity index (χ4v) is 3.73. The molecular formula is C26H23ClN2O3. The Balaban J connectivity index is 1.60. The van der Waals surface area contributed by atoms with Crippen molar-refractivity contribution in [3.8, 4) is 5.75 Å². The topological polar surface area (TPSA) is 58.6 Å². The lowest BCUT2D eigenvalue weighted by Gasteiger charge is -2.15. The van der Waals surface area contributed by atoms with Gasteiger partial charge in [-0.15, -0.1) is 0 Å². The van der Waals surface area contributed by atoms with Crippen molar-refractivity contribution in [3.05, 3.63) is 101 Å². The number of hydrogen-bond acceptors (Lipinski definition) is 4. The first kappa shape index (κ1) is 21.7. The van der Waals surface area contributed by atoms with Gasteiger partial charge >= 0.3 is 0 Å². The number of rotatable bonds is 8. The lowest BCUT2D eigenvalue weighted by molar-refractivity contribution is -0.136. The normalized spacial score (nSPS) is 13.6. The molecule has 162 valence electrons. The summed E-state index contributed by atoms with van der Waals surface area (Å²) >= 11 is 5.95. The third kappa shape index (κ3) is 4.68. The van der Waals surface area contributed by atoms with Crippen molar-refractivity contribution in [2.45, 2.75) is 13.3 Å². The van der Waals surface area contributed by atoms with Crippen molar-refractivity contribution in [3.63, 3.8) is 0 Å². The van der Waals surface area contributed by atoms with Gasteiger partial charge < -0.3 is 10.1 Å². The second kappa shape index (κ2) is 9.71. The molecule has 0 unspecified atom stereocenters. The molecule has 0 saturated heterocycles. The number of ether oxygens (including phenoxy) is 1. The minimum Gasteiger partial charge on any atom is -0.494 e. The fraction of sp³-hybridized carbons (Fsp3) is 0.154. The summed E-state index contributed by atoms with van der Waals surface area (Å²) in [5, 5.41) is 3.82. The zero-order chi connectivity index (χ0) is 22.5. The van der Waals surface area contributed by atoms with Gasteiger partial charge in [-0.25, -0.2) is 0 Å². The Labute approximate surface area is 192 Å². The molecule has 0 bridgehead atoms. The van der Waals surface area contributed by atoms with Gasteiger partial charge in [0.1, 0.15) is 11.4 Å². The Bertz CT molecular complexity index is 1140. The van der Waals surface area contributed by atoms with Crippen LogP contribution in [0.25, 0.3) is 5.57 Å². The van der Waals surface area contributed by atoms with Gasteiger partial charge in [-0.3, -0.25) is 14.5 Å². The number of benzene rings is 3. The summed E-state index contributed by atoms with van der Waals surface area (Å²) in [6.07, 6.45) is 0.549. The molecule has 5 nitrogen and oxygen atoms in total. The zero-order valence-electron chi connectivity index (χ0n) is 17.7. The maximum atomic E-state index is 13.3. The van der Waals surface area contributed by atoms with E-state index in [1.807, 2.05) is 73.7 Å². The number of halogens is 1. The second-order valence-electron chi connectivity index (χ2n) is 7.34. The van der Waals surface area contributed by atoms with Crippen LogP contribution in [0, 0.1) is 0 Å². The number of nitrogens with zero attached hydrogens (tertiary/aromatic N) is 1. The van der Waals surface area contributed by atoms with Crippen LogP contribution in [0.15, 0.2) is 84.6 Å². The Hall–Kier alpha value is -3.57. The molecule has 1 heterocycles. The average Bonchev–Trinajstić information content (AvgIpc) is 3.04. The molecule has 6 heteroatoms. The standard InChI is InChI=1S/C26H23ClN2O3/c1-2-32-22-14-12-21(13-15-22)28-24-23(19-6-4-3-5-7-19)25(30)29(26(24)31)17-16-18-8-10-20(27)11-9-18/h3-15,28H,2,16-17H2,1H3. The molecule has 0 aliphatic carbocycles. The fourth-order valence-electron chi connectivity index (χ4n) is 3.61. The van der Waals surface area contributed by atoms with E-state index in [-0.39, 0.29) is 24.1 Å². The van der Waals surface area contributed by atoms with E-state index in [1.54, 1.807) is 12.1 Å². The third-order valence-corrected chi connectivity index (χ3v) is 5.45. The van der Waals surface area contributed by atoms with Crippen LogP contribution in [-0.4, -0.2) is 29.9 Å². The minimum atomic E-state index is -0.336. The number of hydrogen-bond donors (Lipinski definition) is 1. The number of carbonyl (C=O) groups is 2. The Morgan fingerprint density at radius 3 is 2.22 bits per heavy atom. The zero-order valence-corrected chi connectivity index (χ0v) is 18.4.